The second-order valence-electron chi connectivity index (χ2n) is 5.34. The molecule has 0 N–H and O–H groups in total. The molecule has 2 aromatic heterocycles. The lowest BCUT2D eigenvalue weighted by Crippen LogP contribution is -2.34. The van der Waals surface area contributed by atoms with Crippen LogP contribution in [-0.4, -0.2) is 48.7 Å². The summed E-state index contributed by atoms with van der Waals surface area (Å²) in [5, 5.41) is 4.03. The van der Waals surface area contributed by atoms with Crippen molar-refractivity contribution in [1.82, 2.24) is 29.2 Å². The van der Waals surface area contributed by atoms with Crippen molar-refractivity contribution in [3.05, 3.63) is 30.9 Å². The summed E-state index contributed by atoms with van der Waals surface area (Å²) in [6.45, 7) is 3.20. The van der Waals surface area contributed by atoms with Gasteiger partial charge in [0, 0.05) is 39.5 Å². The summed E-state index contributed by atoms with van der Waals surface area (Å²) in [6.07, 6.45) is 8.62. The largest absolute Gasteiger partial charge is 0.345 e. The highest BCUT2D eigenvalue weighted by Crippen LogP contribution is 2.06. The fraction of sp³-hybridized carbons (Fsp3) is 0.571. The lowest BCUT2D eigenvalue weighted by Gasteiger charge is -2.21. The molecule has 114 valence electrons. The minimum Gasteiger partial charge on any atom is -0.345 e. The van der Waals surface area contributed by atoms with Crippen molar-refractivity contribution >= 4 is 5.91 Å². The molecular weight excluding hydrogens is 268 g/mol. The second kappa shape index (κ2) is 7.01. The molecule has 1 amide bonds. The van der Waals surface area contributed by atoms with Crippen molar-refractivity contribution in [2.45, 2.75) is 26.3 Å². The fourth-order valence-corrected chi connectivity index (χ4v) is 2.28. The molecule has 2 rings (SSSR count). The smallest absolute Gasteiger partial charge is 0.227 e. The van der Waals surface area contributed by atoms with E-state index in [9.17, 15) is 4.79 Å². The molecular formula is C14H22N6O. The van der Waals surface area contributed by atoms with Crippen LogP contribution in [0.15, 0.2) is 25.0 Å². The average Bonchev–Trinajstić information content (AvgIpc) is 3.10. The van der Waals surface area contributed by atoms with Crippen molar-refractivity contribution in [1.29, 1.82) is 0 Å². The second-order valence-corrected chi connectivity index (χ2v) is 5.34. The van der Waals surface area contributed by atoms with Crippen molar-refractivity contribution in [2.24, 2.45) is 13.0 Å². The highest BCUT2D eigenvalue weighted by molar-refractivity contribution is 5.78. The molecule has 2 aromatic rings. The number of carbonyl (C=O) groups excluding carboxylic acids is 1. The summed E-state index contributed by atoms with van der Waals surface area (Å²) in [7, 11) is 3.83. The molecule has 0 radical (unpaired) electrons. The Morgan fingerprint density at radius 1 is 1.48 bits per heavy atom. The molecule has 0 fully saturated rings. The first-order chi connectivity index (χ1) is 10.1. The number of rotatable bonds is 7. The predicted octanol–water partition coefficient (Wildman–Crippen LogP) is 0.739. The van der Waals surface area contributed by atoms with Crippen LogP contribution >= 0.6 is 0 Å². The summed E-state index contributed by atoms with van der Waals surface area (Å²) in [6, 6.07) is 0. The van der Waals surface area contributed by atoms with Gasteiger partial charge >= 0.3 is 0 Å². The van der Waals surface area contributed by atoms with Crippen LogP contribution in [0.4, 0.5) is 0 Å². The number of imidazole rings is 1. The summed E-state index contributed by atoms with van der Waals surface area (Å²) >= 11 is 0. The van der Waals surface area contributed by atoms with E-state index in [4.69, 9.17) is 0 Å². The third-order valence-corrected chi connectivity index (χ3v) is 3.54. The first-order valence-electron chi connectivity index (χ1n) is 7.11. The summed E-state index contributed by atoms with van der Waals surface area (Å²) in [5.41, 5.74) is 0. The zero-order valence-corrected chi connectivity index (χ0v) is 12.8. The standard InChI is InChI=1S/C14H22N6O/c1-12(9-20-11-15-10-17-20)14(21)19(3)7-4-5-13-16-6-8-18(13)2/h6,8,10-12H,4-5,7,9H2,1-3H3/t12-/m1/s1. The number of carbonyl (C=O) groups is 1. The van der Waals surface area contributed by atoms with Crippen molar-refractivity contribution in [3.8, 4) is 0 Å². The van der Waals surface area contributed by atoms with E-state index in [0.29, 0.717) is 6.54 Å². The van der Waals surface area contributed by atoms with Gasteiger partial charge < -0.3 is 9.47 Å². The Hall–Kier alpha value is -2.18. The molecule has 0 spiro atoms. The van der Waals surface area contributed by atoms with Gasteiger partial charge in [0.15, 0.2) is 0 Å². The maximum Gasteiger partial charge on any atom is 0.227 e. The van der Waals surface area contributed by atoms with Crippen LogP contribution in [0.1, 0.15) is 19.2 Å². The van der Waals surface area contributed by atoms with Gasteiger partial charge in [0.1, 0.15) is 18.5 Å². The lowest BCUT2D eigenvalue weighted by molar-refractivity contribution is -0.134. The quantitative estimate of drug-likeness (QED) is 0.754. The highest BCUT2D eigenvalue weighted by atomic mass is 16.2. The van der Waals surface area contributed by atoms with Gasteiger partial charge in [0.2, 0.25) is 5.91 Å². The highest BCUT2D eigenvalue weighted by Gasteiger charge is 2.18. The Kier molecular flexibility index (Phi) is 5.08. The Bertz CT molecular complexity index is 562. The summed E-state index contributed by atoms with van der Waals surface area (Å²) in [4.78, 5) is 22.2. The molecule has 21 heavy (non-hydrogen) atoms. The molecule has 0 aliphatic carbocycles. The van der Waals surface area contributed by atoms with Crippen LogP contribution in [0.25, 0.3) is 0 Å². The lowest BCUT2D eigenvalue weighted by atomic mass is 10.1. The van der Waals surface area contributed by atoms with Crippen LogP contribution in [0, 0.1) is 5.92 Å². The number of aromatic nitrogens is 5. The monoisotopic (exact) mass is 290 g/mol. The first kappa shape index (κ1) is 15.2. The van der Waals surface area contributed by atoms with E-state index < -0.39 is 0 Å². The molecule has 0 saturated carbocycles. The maximum atomic E-state index is 12.3. The van der Waals surface area contributed by atoms with Crippen LogP contribution in [-0.2, 0) is 24.8 Å². The maximum absolute atomic E-state index is 12.3. The third kappa shape index (κ3) is 4.14. The molecule has 0 saturated heterocycles. The van der Waals surface area contributed by atoms with Gasteiger partial charge in [-0.05, 0) is 6.42 Å². The Morgan fingerprint density at radius 2 is 2.29 bits per heavy atom. The van der Waals surface area contributed by atoms with Gasteiger partial charge in [0.05, 0.1) is 12.5 Å². The molecule has 0 aromatic carbocycles. The predicted molar refractivity (Wildman–Crippen MR) is 78.4 cm³/mol. The molecule has 1 atom stereocenters. The number of aryl methyl sites for hydroxylation is 2. The zero-order valence-electron chi connectivity index (χ0n) is 12.8. The minimum atomic E-state index is -0.107. The van der Waals surface area contributed by atoms with Crippen LogP contribution in [0.2, 0.25) is 0 Å². The van der Waals surface area contributed by atoms with Crippen molar-refractivity contribution in [3.63, 3.8) is 0 Å². The summed E-state index contributed by atoms with van der Waals surface area (Å²) < 4.78 is 3.69. The molecule has 2 heterocycles. The number of amides is 1. The van der Waals surface area contributed by atoms with E-state index in [1.54, 1.807) is 22.1 Å². The topological polar surface area (TPSA) is 68.8 Å². The van der Waals surface area contributed by atoms with E-state index in [1.165, 1.54) is 6.33 Å². The number of hydrogen-bond acceptors (Lipinski definition) is 4. The number of nitrogens with zero attached hydrogens (tertiary/aromatic N) is 6. The molecule has 7 heteroatoms. The van der Waals surface area contributed by atoms with E-state index >= 15 is 0 Å². The van der Waals surface area contributed by atoms with Crippen LogP contribution in [0.3, 0.4) is 0 Å². The molecule has 0 unspecified atom stereocenters. The minimum absolute atomic E-state index is 0.107. The third-order valence-electron chi connectivity index (χ3n) is 3.54. The molecule has 7 nitrogen and oxygen atoms in total. The Balaban J connectivity index is 1.75. The van der Waals surface area contributed by atoms with Crippen LogP contribution < -0.4 is 0 Å². The Labute approximate surface area is 124 Å². The average molecular weight is 290 g/mol. The molecule has 0 aliphatic rings. The number of hydrogen-bond donors (Lipinski definition) is 0. The van der Waals surface area contributed by atoms with Gasteiger partial charge in [-0.1, -0.05) is 6.92 Å². The van der Waals surface area contributed by atoms with Crippen molar-refractivity contribution < 1.29 is 4.79 Å². The van der Waals surface area contributed by atoms with Gasteiger partial charge in [-0.3, -0.25) is 9.48 Å². The summed E-state index contributed by atoms with van der Waals surface area (Å²) in [5.74, 6) is 1.07. The van der Waals surface area contributed by atoms with Gasteiger partial charge in [-0.15, -0.1) is 0 Å². The van der Waals surface area contributed by atoms with E-state index in [0.717, 1.165) is 25.2 Å². The zero-order chi connectivity index (χ0) is 15.2. The van der Waals surface area contributed by atoms with E-state index in [2.05, 4.69) is 15.1 Å². The first-order valence-corrected chi connectivity index (χ1v) is 7.11. The normalized spacial score (nSPS) is 12.3. The van der Waals surface area contributed by atoms with E-state index in [-0.39, 0.29) is 11.8 Å². The molecule has 0 aliphatic heterocycles. The fourth-order valence-electron chi connectivity index (χ4n) is 2.28. The van der Waals surface area contributed by atoms with Crippen LogP contribution in [0.5, 0.6) is 0 Å². The molecule has 0 bridgehead atoms. The van der Waals surface area contributed by atoms with Gasteiger partial charge in [-0.25, -0.2) is 9.97 Å². The van der Waals surface area contributed by atoms with Crippen molar-refractivity contribution in [2.75, 3.05) is 13.6 Å². The van der Waals surface area contributed by atoms with Gasteiger partial charge in [0.25, 0.3) is 0 Å². The Morgan fingerprint density at radius 3 is 2.90 bits per heavy atom. The SMILES string of the molecule is C[C@H](Cn1cncn1)C(=O)N(C)CCCc1nccn1C. The van der Waals surface area contributed by atoms with Gasteiger partial charge in [-0.2, -0.15) is 5.10 Å². The van der Waals surface area contributed by atoms with E-state index in [1.807, 2.05) is 31.8 Å².